The molecule has 0 bridgehead atoms. The second kappa shape index (κ2) is 8.83. The van der Waals surface area contributed by atoms with Gasteiger partial charge in [0.1, 0.15) is 6.54 Å². The number of esters is 1. The van der Waals surface area contributed by atoms with Gasteiger partial charge >= 0.3 is 5.97 Å². The van der Waals surface area contributed by atoms with E-state index in [9.17, 15) is 18.0 Å². The first kappa shape index (κ1) is 20.7. The maximum atomic E-state index is 12.4. The molecule has 0 unspecified atom stereocenters. The highest BCUT2D eigenvalue weighted by Gasteiger charge is 2.25. The van der Waals surface area contributed by atoms with Crippen molar-refractivity contribution in [2.24, 2.45) is 5.92 Å². The van der Waals surface area contributed by atoms with E-state index in [1.807, 2.05) is 0 Å². The minimum Gasteiger partial charge on any atom is -0.455 e. The Hall–Kier alpha value is -1.64. The molecule has 1 heterocycles. The van der Waals surface area contributed by atoms with Crippen LogP contribution in [-0.2, 0) is 24.3 Å². The highest BCUT2D eigenvalue weighted by atomic mass is 35.5. The SMILES string of the molecule is C[C@@H]1CCCN(C(=O)COC(=O)CN(C)S(=O)(=O)c2ccc(Cl)cc2)C1. The number of likely N-dealkylation sites (N-methyl/N-ethyl adjacent to an activating group) is 1. The van der Waals surface area contributed by atoms with Crippen molar-refractivity contribution in [3.8, 4) is 0 Å². The van der Waals surface area contributed by atoms with Crippen LogP contribution in [0.1, 0.15) is 19.8 Å². The van der Waals surface area contributed by atoms with Crippen molar-refractivity contribution >= 4 is 33.5 Å². The lowest BCUT2D eigenvalue weighted by Gasteiger charge is -2.30. The van der Waals surface area contributed by atoms with Gasteiger partial charge in [-0.1, -0.05) is 18.5 Å². The van der Waals surface area contributed by atoms with E-state index in [0.29, 0.717) is 24.0 Å². The standard InChI is InChI=1S/C17H23ClN2O5S/c1-13-4-3-9-20(10-13)16(21)12-25-17(22)11-19(2)26(23,24)15-7-5-14(18)6-8-15/h5-8,13H,3-4,9-12H2,1-2H3/t13-/m1/s1. The number of rotatable bonds is 6. The van der Waals surface area contributed by atoms with Gasteiger partial charge in [-0.05, 0) is 43.0 Å². The molecule has 1 atom stereocenters. The number of hydrogen-bond acceptors (Lipinski definition) is 5. The van der Waals surface area contributed by atoms with E-state index >= 15 is 0 Å². The van der Waals surface area contributed by atoms with Crippen LogP contribution >= 0.6 is 11.6 Å². The molecule has 1 aliphatic rings. The number of sulfonamides is 1. The fraction of sp³-hybridized carbons (Fsp3) is 0.529. The highest BCUT2D eigenvalue weighted by Crippen LogP contribution is 2.18. The lowest BCUT2D eigenvalue weighted by atomic mass is 10.0. The minimum atomic E-state index is -3.84. The van der Waals surface area contributed by atoms with Crippen LogP contribution in [-0.4, -0.2) is 62.8 Å². The number of halogens is 1. The average Bonchev–Trinajstić information content (AvgIpc) is 2.60. The molecule has 1 aromatic carbocycles. The number of likely N-dealkylation sites (tertiary alicyclic amines) is 1. The Kier molecular flexibility index (Phi) is 7.02. The zero-order valence-corrected chi connectivity index (χ0v) is 16.4. The van der Waals surface area contributed by atoms with Crippen LogP contribution in [0.2, 0.25) is 5.02 Å². The molecule has 0 spiro atoms. The Bertz CT molecular complexity index is 751. The van der Waals surface area contributed by atoms with Crippen LogP contribution in [0.5, 0.6) is 0 Å². The molecule has 2 rings (SSSR count). The molecule has 144 valence electrons. The Labute approximate surface area is 158 Å². The smallest absolute Gasteiger partial charge is 0.321 e. The molecule has 1 aliphatic heterocycles. The molecule has 1 saturated heterocycles. The third-order valence-corrected chi connectivity index (χ3v) is 6.31. The number of carbonyl (C=O) groups is 2. The first-order chi connectivity index (χ1) is 12.2. The van der Waals surface area contributed by atoms with Gasteiger partial charge in [0.2, 0.25) is 10.0 Å². The van der Waals surface area contributed by atoms with Gasteiger partial charge in [0.25, 0.3) is 5.91 Å². The fourth-order valence-corrected chi connectivity index (χ4v) is 3.99. The number of hydrogen-bond donors (Lipinski definition) is 0. The third kappa shape index (κ3) is 5.43. The van der Waals surface area contributed by atoms with Crippen LogP contribution in [0.4, 0.5) is 0 Å². The molecule has 0 aromatic heterocycles. The molecule has 0 aliphatic carbocycles. The van der Waals surface area contributed by atoms with Gasteiger partial charge in [-0.2, -0.15) is 4.31 Å². The average molecular weight is 403 g/mol. The van der Waals surface area contributed by atoms with E-state index in [4.69, 9.17) is 16.3 Å². The summed E-state index contributed by atoms with van der Waals surface area (Å²) in [6, 6.07) is 5.64. The normalized spacial score (nSPS) is 18.0. The maximum absolute atomic E-state index is 12.4. The summed E-state index contributed by atoms with van der Waals surface area (Å²) in [6.07, 6.45) is 2.01. The predicted molar refractivity (Wildman–Crippen MR) is 97.2 cm³/mol. The van der Waals surface area contributed by atoms with Crippen LogP contribution in [0.25, 0.3) is 0 Å². The summed E-state index contributed by atoms with van der Waals surface area (Å²) in [6.45, 7) is 2.53. The zero-order valence-electron chi connectivity index (χ0n) is 14.9. The Balaban J connectivity index is 1.86. The minimum absolute atomic E-state index is 0.0237. The van der Waals surface area contributed by atoms with Gasteiger partial charge < -0.3 is 9.64 Å². The molecule has 9 heteroatoms. The highest BCUT2D eigenvalue weighted by molar-refractivity contribution is 7.89. The van der Waals surface area contributed by atoms with Crippen LogP contribution in [0, 0.1) is 5.92 Å². The molecule has 1 amide bonds. The molecule has 1 fully saturated rings. The van der Waals surface area contributed by atoms with E-state index < -0.39 is 22.5 Å². The number of carbonyl (C=O) groups excluding carboxylic acids is 2. The summed E-state index contributed by atoms with van der Waals surface area (Å²) < 4.78 is 30.6. The quantitative estimate of drug-likeness (QED) is 0.677. The Morgan fingerprint density at radius 2 is 1.96 bits per heavy atom. The second-order valence-electron chi connectivity index (χ2n) is 6.46. The summed E-state index contributed by atoms with van der Waals surface area (Å²) in [7, 11) is -2.56. The lowest BCUT2D eigenvalue weighted by molar-refractivity contribution is -0.152. The van der Waals surface area contributed by atoms with Crippen molar-refractivity contribution in [1.82, 2.24) is 9.21 Å². The fourth-order valence-electron chi connectivity index (χ4n) is 2.75. The molecule has 26 heavy (non-hydrogen) atoms. The Morgan fingerprint density at radius 3 is 2.58 bits per heavy atom. The van der Waals surface area contributed by atoms with Crippen molar-refractivity contribution in [3.05, 3.63) is 29.3 Å². The van der Waals surface area contributed by atoms with E-state index in [2.05, 4.69) is 6.92 Å². The largest absolute Gasteiger partial charge is 0.455 e. The van der Waals surface area contributed by atoms with E-state index in [-0.39, 0.29) is 17.4 Å². The van der Waals surface area contributed by atoms with Crippen LogP contribution in [0.3, 0.4) is 0 Å². The van der Waals surface area contributed by atoms with E-state index in [1.165, 1.54) is 31.3 Å². The van der Waals surface area contributed by atoms with E-state index in [0.717, 1.165) is 17.1 Å². The first-order valence-electron chi connectivity index (χ1n) is 8.35. The number of ether oxygens (including phenoxy) is 1. The van der Waals surface area contributed by atoms with Gasteiger partial charge in [0.15, 0.2) is 6.61 Å². The van der Waals surface area contributed by atoms with Gasteiger partial charge in [-0.3, -0.25) is 9.59 Å². The molecule has 7 nitrogen and oxygen atoms in total. The van der Waals surface area contributed by atoms with Gasteiger partial charge in [0, 0.05) is 25.2 Å². The summed E-state index contributed by atoms with van der Waals surface area (Å²) in [4.78, 5) is 25.7. The monoisotopic (exact) mass is 402 g/mol. The van der Waals surface area contributed by atoms with Gasteiger partial charge in [-0.15, -0.1) is 0 Å². The number of amides is 1. The van der Waals surface area contributed by atoms with E-state index in [1.54, 1.807) is 4.90 Å². The topological polar surface area (TPSA) is 84.0 Å². The summed E-state index contributed by atoms with van der Waals surface area (Å²) in [5.41, 5.74) is 0. The summed E-state index contributed by atoms with van der Waals surface area (Å²) >= 11 is 5.75. The molecule has 0 saturated carbocycles. The molecule has 1 aromatic rings. The second-order valence-corrected chi connectivity index (χ2v) is 8.94. The summed E-state index contributed by atoms with van der Waals surface area (Å²) in [5.74, 6) is -0.601. The molecule has 0 radical (unpaired) electrons. The van der Waals surface area contributed by atoms with Crippen molar-refractivity contribution < 1.29 is 22.7 Å². The van der Waals surface area contributed by atoms with Crippen LogP contribution < -0.4 is 0 Å². The van der Waals surface area contributed by atoms with Crippen molar-refractivity contribution in [3.63, 3.8) is 0 Å². The predicted octanol–water partition coefficient (Wildman–Crippen LogP) is 1.76. The van der Waals surface area contributed by atoms with Gasteiger partial charge in [-0.25, -0.2) is 8.42 Å². The van der Waals surface area contributed by atoms with Gasteiger partial charge in [0.05, 0.1) is 4.90 Å². The van der Waals surface area contributed by atoms with Crippen molar-refractivity contribution in [2.45, 2.75) is 24.7 Å². The maximum Gasteiger partial charge on any atom is 0.321 e. The lowest BCUT2D eigenvalue weighted by Crippen LogP contribution is -2.42. The van der Waals surface area contributed by atoms with Crippen molar-refractivity contribution in [1.29, 1.82) is 0 Å². The third-order valence-electron chi connectivity index (χ3n) is 4.24. The number of benzene rings is 1. The molecule has 0 N–H and O–H groups in total. The number of nitrogens with zero attached hydrogens (tertiary/aromatic N) is 2. The first-order valence-corrected chi connectivity index (χ1v) is 10.2. The zero-order chi connectivity index (χ0) is 19.3. The Morgan fingerprint density at radius 1 is 1.31 bits per heavy atom. The molecular weight excluding hydrogens is 380 g/mol. The van der Waals surface area contributed by atoms with Crippen molar-refractivity contribution in [2.75, 3.05) is 33.3 Å². The summed E-state index contributed by atoms with van der Waals surface area (Å²) in [5, 5.41) is 0.413. The molecular formula is C17H23ClN2O5S. The van der Waals surface area contributed by atoms with Crippen LogP contribution in [0.15, 0.2) is 29.2 Å². The number of piperidine rings is 1.